The molecule has 7 heteroatoms. The number of carbonyl (C=O) groups is 1. The summed E-state index contributed by atoms with van der Waals surface area (Å²) in [6.07, 6.45) is 5.88. The Hall–Kier alpha value is -2.44. The van der Waals surface area contributed by atoms with Gasteiger partial charge >= 0.3 is 5.69 Å². The summed E-state index contributed by atoms with van der Waals surface area (Å²) in [7, 11) is 0. The minimum absolute atomic E-state index is 0.00495. The highest BCUT2D eigenvalue weighted by atomic mass is 16.2. The van der Waals surface area contributed by atoms with E-state index in [1.165, 1.54) is 4.68 Å². The summed E-state index contributed by atoms with van der Waals surface area (Å²) < 4.78 is 3.20. The van der Waals surface area contributed by atoms with E-state index in [1.807, 2.05) is 32.9 Å². The van der Waals surface area contributed by atoms with Gasteiger partial charge in [-0.2, -0.15) is 0 Å². The summed E-state index contributed by atoms with van der Waals surface area (Å²) in [4.78, 5) is 28.7. The number of pyridine rings is 1. The van der Waals surface area contributed by atoms with E-state index < -0.39 is 0 Å². The van der Waals surface area contributed by atoms with Crippen LogP contribution in [0.15, 0.2) is 29.3 Å². The topological polar surface area (TPSA) is 81.8 Å². The van der Waals surface area contributed by atoms with Gasteiger partial charge in [0.25, 0.3) is 0 Å². The van der Waals surface area contributed by atoms with E-state index in [-0.39, 0.29) is 23.1 Å². The standard InChI is InChI=1S/C18H25N5O2/c1-18(2,3)11-15(24)20-9-10-22-17(25)23(14-6-7-14)16(21-22)13-5-4-8-19-12-13/h4-5,8,12,14H,6-7,9-11H2,1-3H3,(H,20,24). The van der Waals surface area contributed by atoms with Crippen LogP contribution in [0.1, 0.15) is 46.1 Å². The van der Waals surface area contributed by atoms with Crippen molar-refractivity contribution < 1.29 is 4.79 Å². The number of amides is 1. The second-order valence-corrected chi connectivity index (χ2v) is 7.76. The minimum Gasteiger partial charge on any atom is -0.354 e. The molecule has 2 heterocycles. The zero-order chi connectivity index (χ0) is 18.0. The van der Waals surface area contributed by atoms with Crippen molar-refractivity contribution in [1.82, 2.24) is 24.6 Å². The van der Waals surface area contributed by atoms with Crippen LogP contribution in [0.25, 0.3) is 11.4 Å². The molecule has 1 amide bonds. The second-order valence-electron chi connectivity index (χ2n) is 7.76. The number of hydrogen-bond donors (Lipinski definition) is 1. The Balaban J connectivity index is 1.73. The predicted octanol–water partition coefficient (Wildman–Crippen LogP) is 1.99. The third-order valence-corrected chi connectivity index (χ3v) is 4.04. The summed E-state index contributed by atoms with van der Waals surface area (Å²) >= 11 is 0. The first-order valence-corrected chi connectivity index (χ1v) is 8.71. The fourth-order valence-electron chi connectivity index (χ4n) is 2.76. The average molecular weight is 343 g/mol. The number of hydrogen-bond acceptors (Lipinski definition) is 4. The van der Waals surface area contributed by atoms with E-state index in [0.717, 1.165) is 18.4 Å². The molecule has 3 rings (SSSR count). The summed E-state index contributed by atoms with van der Waals surface area (Å²) in [6, 6.07) is 3.97. The molecule has 0 saturated heterocycles. The minimum atomic E-state index is -0.119. The van der Waals surface area contributed by atoms with E-state index in [0.29, 0.717) is 25.3 Å². The first-order chi connectivity index (χ1) is 11.8. The van der Waals surface area contributed by atoms with Crippen LogP contribution in [0.2, 0.25) is 0 Å². The van der Waals surface area contributed by atoms with Crippen LogP contribution in [0.5, 0.6) is 0 Å². The lowest BCUT2D eigenvalue weighted by Gasteiger charge is -2.17. The van der Waals surface area contributed by atoms with Gasteiger partial charge in [0.1, 0.15) is 0 Å². The van der Waals surface area contributed by atoms with E-state index in [2.05, 4.69) is 15.4 Å². The summed E-state index contributed by atoms with van der Waals surface area (Å²) in [5, 5.41) is 7.36. The van der Waals surface area contributed by atoms with Gasteiger partial charge in [-0.05, 0) is 30.4 Å². The maximum absolute atomic E-state index is 12.7. The van der Waals surface area contributed by atoms with Gasteiger partial charge in [0.05, 0.1) is 6.54 Å². The SMILES string of the molecule is CC(C)(C)CC(=O)NCCn1nc(-c2cccnc2)n(C2CC2)c1=O. The molecule has 25 heavy (non-hydrogen) atoms. The van der Waals surface area contributed by atoms with Crippen LogP contribution in [0.3, 0.4) is 0 Å². The molecule has 0 bridgehead atoms. The van der Waals surface area contributed by atoms with Crippen molar-refractivity contribution in [3.05, 3.63) is 35.0 Å². The first-order valence-electron chi connectivity index (χ1n) is 8.71. The van der Waals surface area contributed by atoms with Crippen molar-refractivity contribution in [1.29, 1.82) is 0 Å². The Bertz CT molecular complexity index is 797. The molecule has 0 unspecified atom stereocenters. The molecular weight excluding hydrogens is 318 g/mol. The van der Waals surface area contributed by atoms with Crippen molar-refractivity contribution in [2.45, 2.75) is 52.6 Å². The monoisotopic (exact) mass is 343 g/mol. The number of nitrogens with zero attached hydrogens (tertiary/aromatic N) is 4. The molecule has 2 aromatic heterocycles. The molecule has 1 aliphatic rings. The van der Waals surface area contributed by atoms with Gasteiger partial charge < -0.3 is 5.32 Å². The zero-order valence-corrected chi connectivity index (χ0v) is 15.0. The number of nitrogens with one attached hydrogen (secondary N) is 1. The van der Waals surface area contributed by atoms with Gasteiger partial charge in [0.15, 0.2) is 5.82 Å². The van der Waals surface area contributed by atoms with Gasteiger partial charge in [-0.25, -0.2) is 9.48 Å². The molecule has 1 fully saturated rings. The Labute approximate surface area is 147 Å². The smallest absolute Gasteiger partial charge is 0.346 e. The molecule has 2 aromatic rings. The van der Waals surface area contributed by atoms with Gasteiger partial charge in [-0.3, -0.25) is 14.3 Å². The van der Waals surface area contributed by atoms with Gasteiger partial charge in [-0.15, -0.1) is 5.10 Å². The van der Waals surface area contributed by atoms with Gasteiger partial charge in [-0.1, -0.05) is 20.8 Å². The van der Waals surface area contributed by atoms with E-state index in [1.54, 1.807) is 17.0 Å². The normalized spacial score (nSPS) is 14.5. The van der Waals surface area contributed by atoms with Gasteiger partial charge in [0, 0.05) is 37.0 Å². The fraction of sp³-hybridized carbons (Fsp3) is 0.556. The lowest BCUT2D eigenvalue weighted by Crippen LogP contribution is -2.33. The Morgan fingerprint density at radius 1 is 1.36 bits per heavy atom. The van der Waals surface area contributed by atoms with Crippen LogP contribution in [-0.4, -0.2) is 31.8 Å². The highest BCUT2D eigenvalue weighted by Crippen LogP contribution is 2.36. The van der Waals surface area contributed by atoms with Crippen LogP contribution < -0.4 is 11.0 Å². The van der Waals surface area contributed by atoms with Crippen molar-refractivity contribution in [3.63, 3.8) is 0 Å². The maximum atomic E-state index is 12.7. The molecule has 0 aromatic carbocycles. The fourth-order valence-corrected chi connectivity index (χ4v) is 2.76. The van der Waals surface area contributed by atoms with Crippen LogP contribution >= 0.6 is 0 Å². The van der Waals surface area contributed by atoms with Crippen LogP contribution in [0, 0.1) is 5.41 Å². The summed E-state index contributed by atoms with van der Waals surface area (Å²) in [5.74, 6) is 0.649. The Morgan fingerprint density at radius 2 is 2.12 bits per heavy atom. The van der Waals surface area contributed by atoms with Crippen molar-refractivity contribution in [2.75, 3.05) is 6.54 Å². The second kappa shape index (κ2) is 6.82. The third-order valence-electron chi connectivity index (χ3n) is 4.04. The average Bonchev–Trinajstić information content (AvgIpc) is 3.31. The molecule has 0 radical (unpaired) electrons. The third kappa shape index (κ3) is 4.35. The van der Waals surface area contributed by atoms with Crippen molar-refractivity contribution in [2.24, 2.45) is 5.41 Å². The quantitative estimate of drug-likeness (QED) is 0.870. The summed E-state index contributed by atoms with van der Waals surface area (Å²) in [5.41, 5.74) is 0.663. The molecule has 7 nitrogen and oxygen atoms in total. The first kappa shape index (κ1) is 17.4. The zero-order valence-electron chi connectivity index (χ0n) is 15.0. The largest absolute Gasteiger partial charge is 0.354 e. The predicted molar refractivity (Wildman–Crippen MR) is 95.1 cm³/mol. The molecule has 0 aliphatic heterocycles. The lowest BCUT2D eigenvalue weighted by atomic mass is 9.92. The summed E-state index contributed by atoms with van der Waals surface area (Å²) in [6.45, 7) is 6.82. The van der Waals surface area contributed by atoms with Crippen LogP contribution in [0.4, 0.5) is 0 Å². The molecular formula is C18H25N5O2. The molecule has 134 valence electrons. The van der Waals surface area contributed by atoms with Crippen LogP contribution in [-0.2, 0) is 11.3 Å². The lowest BCUT2D eigenvalue weighted by molar-refractivity contribution is -0.122. The van der Waals surface area contributed by atoms with Gasteiger partial charge in [0.2, 0.25) is 5.91 Å². The number of carbonyl (C=O) groups excluding carboxylic acids is 1. The highest BCUT2D eigenvalue weighted by molar-refractivity contribution is 5.76. The van der Waals surface area contributed by atoms with E-state index in [9.17, 15) is 9.59 Å². The molecule has 1 aliphatic carbocycles. The Morgan fingerprint density at radius 3 is 2.72 bits per heavy atom. The molecule has 0 spiro atoms. The molecule has 1 saturated carbocycles. The van der Waals surface area contributed by atoms with E-state index >= 15 is 0 Å². The number of rotatable bonds is 6. The number of aromatic nitrogens is 4. The highest BCUT2D eigenvalue weighted by Gasteiger charge is 2.30. The molecule has 1 N–H and O–H groups in total. The molecule has 0 atom stereocenters. The van der Waals surface area contributed by atoms with Crippen molar-refractivity contribution >= 4 is 5.91 Å². The Kier molecular flexibility index (Phi) is 4.74. The maximum Gasteiger partial charge on any atom is 0.346 e. The van der Waals surface area contributed by atoms with Crippen molar-refractivity contribution in [3.8, 4) is 11.4 Å². The van der Waals surface area contributed by atoms with E-state index in [4.69, 9.17) is 0 Å².